The Kier molecular flexibility index (Phi) is 4.94. The summed E-state index contributed by atoms with van der Waals surface area (Å²) in [5.74, 6) is 0.163. The van der Waals surface area contributed by atoms with Gasteiger partial charge in [-0.25, -0.2) is 5.43 Å². The Morgan fingerprint density at radius 3 is 2.56 bits per heavy atom. The lowest BCUT2D eigenvalue weighted by atomic mass is 10.1. The van der Waals surface area contributed by atoms with Crippen LogP contribution in [0.15, 0.2) is 59.7 Å². The molecule has 25 heavy (non-hydrogen) atoms. The van der Waals surface area contributed by atoms with Crippen molar-refractivity contribution < 1.29 is 4.79 Å². The van der Waals surface area contributed by atoms with Crippen LogP contribution in [0.3, 0.4) is 0 Å². The number of aromatic nitrogens is 4. The van der Waals surface area contributed by atoms with E-state index < -0.39 is 0 Å². The van der Waals surface area contributed by atoms with Gasteiger partial charge in [0.1, 0.15) is 6.54 Å². The Morgan fingerprint density at radius 1 is 1.12 bits per heavy atom. The molecule has 3 rings (SSSR count). The highest BCUT2D eigenvalue weighted by Gasteiger charge is 2.08. The average Bonchev–Trinajstić information content (AvgIpc) is 3.09. The quantitative estimate of drug-likeness (QED) is 0.572. The molecule has 2 aromatic carbocycles. The first-order chi connectivity index (χ1) is 12.1. The Labute approximate surface area is 145 Å². The average molecular weight is 334 g/mol. The zero-order valence-electron chi connectivity index (χ0n) is 14.0. The summed E-state index contributed by atoms with van der Waals surface area (Å²) in [6.45, 7) is 3.81. The summed E-state index contributed by atoms with van der Waals surface area (Å²) in [5.41, 5.74) is 6.22. The SMILES string of the molecule is C/C(=N\NC(=O)Cn1nnc(-c2ccccc2)n1)c1ccc(C)cc1. The fourth-order valence-electron chi connectivity index (χ4n) is 2.18. The number of aryl methyl sites for hydroxylation is 1. The second-order valence-electron chi connectivity index (χ2n) is 5.61. The summed E-state index contributed by atoms with van der Waals surface area (Å²) in [5, 5.41) is 16.2. The highest BCUT2D eigenvalue weighted by atomic mass is 16.2. The van der Waals surface area contributed by atoms with Crippen LogP contribution in [-0.4, -0.2) is 31.8 Å². The van der Waals surface area contributed by atoms with E-state index >= 15 is 0 Å². The lowest BCUT2D eigenvalue weighted by Crippen LogP contribution is -2.25. The summed E-state index contributed by atoms with van der Waals surface area (Å²) >= 11 is 0. The first-order valence-corrected chi connectivity index (χ1v) is 7.85. The van der Waals surface area contributed by atoms with E-state index in [-0.39, 0.29) is 12.5 Å². The minimum Gasteiger partial charge on any atom is -0.271 e. The van der Waals surface area contributed by atoms with Crippen LogP contribution in [0.5, 0.6) is 0 Å². The van der Waals surface area contributed by atoms with Gasteiger partial charge in [0.05, 0.1) is 5.71 Å². The Balaban J connectivity index is 1.60. The van der Waals surface area contributed by atoms with Crippen molar-refractivity contribution in [1.82, 2.24) is 25.6 Å². The van der Waals surface area contributed by atoms with Crippen molar-refractivity contribution in [3.63, 3.8) is 0 Å². The van der Waals surface area contributed by atoms with Gasteiger partial charge in [-0.05, 0) is 24.6 Å². The van der Waals surface area contributed by atoms with Crippen LogP contribution in [0, 0.1) is 6.92 Å². The molecule has 1 amide bonds. The van der Waals surface area contributed by atoms with Gasteiger partial charge < -0.3 is 0 Å². The number of hydrogen-bond donors (Lipinski definition) is 1. The van der Waals surface area contributed by atoms with Crippen molar-refractivity contribution in [3.05, 3.63) is 65.7 Å². The molecule has 0 unspecified atom stereocenters. The maximum absolute atomic E-state index is 12.0. The second kappa shape index (κ2) is 7.48. The molecular formula is C18H18N6O. The zero-order chi connectivity index (χ0) is 17.6. The lowest BCUT2D eigenvalue weighted by Gasteiger charge is -2.03. The van der Waals surface area contributed by atoms with E-state index in [9.17, 15) is 4.79 Å². The van der Waals surface area contributed by atoms with E-state index in [0.717, 1.165) is 16.8 Å². The largest absolute Gasteiger partial charge is 0.271 e. The number of amides is 1. The molecule has 0 aliphatic carbocycles. The van der Waals surface area contributed by atoms with Crippen LogP contribution < -0.4 is 5.43 Å². The molecule has 0 aliphatic heterocycles. The van der Waals surface area contributed by atoms with Crippen LogP contribution in [0.2, 0.25) is 0 Å². The van der Waals surface area contributed by atoms with Gasteiger partial charge in [-0.2, -0.15) is 9.90 Å². The Morgan fingerprint density at radius 2 is 1.84 bits per heavy atom. The standard InChI is InChI=1S/C18H18N6O/c1-13-8-10-15(11-9-13)14(2)19-20-17(25)12-24-22-18(21-23-24)16-6-4-3-5-7-16/h3-11H,12H2,1-2H3,(H,20,25)/b19-14+. The number of benzene rings is 2. The maximum Gasteiger partial charge on any atom is 0.263 e. The number of hydrazone groups is 1. The number of rotatable bonds is 5. The first-order valence-electron chi connectivity index (χ1n) is 7.85. The van der Waals surface area contributed by atoms with Crippen LogP contribution in [-0.2, 0) is 11.3 Å². The molecule has 0 radical (unpaired) electrons. The summed E-state index contributed by atoms with van der Waals surface area (Å²) < 4.78 is 0. The molecule has 126 valence electrons. The fourth-order valence-corrected chi connectivity index (χ4v) is 2.18. The van der Waals surface area contributed by atoms with Crippen molar-refractivity contribution in [2.75, 3.05) is 0 Å². The number of carbonyl (C=O) groups excluding carboxylic acids is 1. The molecule has 1 aromatic heterocycles. The summed E-state index contributed by atoms with van der Waals surface area (Å²) in [7, 11) is 0. The number of nitrogens with one attached hydrogen (secondary N) is 1. The number of tetrazole rings is 1. The first kappa shape index (κ1) is 16.5. The third-order valence-corrected chi connectivity index (χ3v) is 3.59. The highest BCUT2D eigenvalue weighted by Crippen LogP contribution is 2.11. The molecule has 0 aliphatic rings. The third-order valence-electron chi connectivity index (χ3n) is 3.59. The van der Waals surface area contributed by atoms with Crippen molar-refractivity contribution in [2.45, 2.75) is 20.4 Å². The van der Waals surface area contributed by atoms with Crippen molar-refractivity contribution in [3.8, 4) is 11.4 Å². The minimum atomic E-state index is -0.316. The van der Waals surface area contributed by atoms with Gasteiger partial charge in [-0.1, -0.05) is 60.2 Å². The molecule has 7 heteroatoms. The molecule has 0 saturated carbocycles. The molecular weight excluding hydrogens is 316 g/mol. The summed E-state index contributed by atoms with van der Waals surface area (Å²) in [6, 6.07) is 17.4. The number of hydrogen-bond acceptors (Lipinski definition) is 5. The van der Waals surface area contributed by atoms with Gasteiger partial charge in [-0.3, -0.25) is 4.79 Å². The Hall–Kier alpha value is -3.35. The summed E-state index contributed by atoms with van der Waals surface area (Å²) in [6.07, 6.45) is 0. The predicted octanol–water partition coefficient (Wildman–Crippen LogP) is 2.19. The molecule has 1 heterocycles. The lowest BCUT2D eigenvalue weighted by molar-refractivity contribution is -0.122. The smallest absolute Gasteiger partial charge is 0.263 e. The van der Waals surface area contributed by atoms with E-state index in [1.807, 2.05) is 68.4 Å². The van der Waals surface area contributed by atoms with Crippen LogP contribution in [0.4, 0.5) is 0 Å². The minimum absolute atomic E-state index is 0.0511. The van der Waals surface area contributed by atoms with E-state index in [2.05, 4.69) is 25.9 Å². The molecule has 0 bridgehead atoms. The number of nitrogens with zero attached hydrogens (tertiary/aromatic N) is 5. The van der Waals surface area contributed by atoms with Crippen molar-refractivity contribution in [2.24, 2.45) is 5.10 Å². The monoisotopic (exact) mass is 334 g/mol. The molecule has 1 N–H and O–H groups in total. The van der Waals surface area contributed by atoms with Crippen molar-refractivity contribution in [1.29, 1.82) is 0 Å². The van der Waals surface area contributed by atoms with Crippen LogP contribution in [0.1, 0.15) is 18.1 Å². The van der Waals surface area contributed by atoms with Crippen molar-refractivity contribution >= 4 is 11.6 Å². The molecule has 0 fully saturated rings. The molecule has 0 saturated heterocycles. The highest BCUT2D eigenvalue weighted by molar-refractivity contribution is 5.99. The number of carbonyl (C=O) groups is 1. The van der Waals surface area contributed by atoms with Gasteiger partial charge in [0.2, 0.25) is 5.82 Å². The van der Waals surface area contributed by atoms with Gasteiger partial charge in [0.15, 0.2) is 0 Å². The van der Waals surface area contributed by atoms with Gasteiger partial charge in [0.25, 0.3) is 5.91 Å². The van der Waals surface area contributed by atoms with E-state index in [1.54, 1.807) is 0 Å². The predicted molar refractivity (Wildman–Crippen MR) is 94.8 cm³/mol. The summed E-state index contributed by atoms with van der Waals surface area (Å²) in [4.78, 5) is 13.2. The van der Waals surface area contributed by atoms with E-state index in [4.69, 9.17) is 0 Å². The van der Waals surface area contributed by atoms with Gasteiger partial charge in [0, 0.05) is 5.56 Å². The topological polar surface area (TPSA) is 85.1 Å². The third kappa shape index (κ3) is 4.35. The molecule has 7 nitrogen and oxygen atoms in total. The zero-order valence-corrected chi connectivity index (χ0v) is 14.0. The van der Waals surface area contributed by atoms with Gasteiger partial charge in [-0.15, -0.1) is 10.2 Å². The fraction of sp³-hybridized carbons (Fsp3) is 0.167. The van der Waals surface area contributed by atoms with Crippen LogP contribution >= 0.6 is 0 Å². The molecule has 0 spiro atoms. The molecule has 3 aromatic rings. The van der Waals surface area contributed by atoms with Gasteiger partial charge >= 0.3 is 0 Å². The Bertz CT molecular complexity index is 883. The maximum atomic E-state index is 12.0. The second-order valence-corrected chi connectivity index (χ2v) is 5.61. The molecule has 0 atom stereocenters. The van der Waals surface area contributed by atoms with Crippen LogP contribution in [0.25, 0.3) is 11.4 Å². The van der Waals surface area contributed by atoms with E-state index in [0.29, 0.717) is 5.82 Å². The normalized spacial score (nSPS) is 11.4. The van der Waals surface area contributed by atoms with E-state index in [1.165, 1.54) is 10.4 Å².